The van der Waals surface area contributed by atoms with Crippen LogP contribution in [0.5, 0.6) is 5.95 Å². The maximum Gasteiger partial charge on any atom is 0.516 e. The number of oxazole rings is 1. The third-order valence-corrected chi connectivity index (χ3v) is 2.50. The smallest absolute Gasteiger partial charge is 0.429 e. The zero-order valence-electron chi connectivity index (χ0n) is 11.6. The van der Waals surface area contributed by atoms with Crippen LogP contribution in [0.2, 0.25) is 0 Å². The molecule has 0 aliphatic rings. The van der Waals surface area contributed by atoms with Crippen LogP contribution in [0.25, 0.3) is 0 Å². The molecule has 0 radical (unpaired) electrons. The Morgan fingerprint density at radius 1 is 1.30 bits per heavy atom. The quantitative estimate of drug-likeness (QED) is 0.600. The number of ether oxygens (including phenoxy) is 2. The van der Waals surface area contributed by atoms with Gasteiger partial charge in [0.15, 0.2) is 0 Å². The van der Waals surface area contributed by atoms with Crippen molar-refractivity contribution in [1.82, 2.24) is 4.98 Å². The second-order valence-electron chi connectivity index (χ2n) is 5.11. The van der Waals surface area contributed by atoms with Gasteiger partial charge in [0.1, 0.15) is 12.3 Å². The van der Waals surface area contributed by atoms with Crippen molar-refractivity contribution in [2.45, 2.75) is 43.3 Å². The van der Waals surface area contributed by atoms with Gasteiger partial charge in [-0.15, -0.1) is 0 Å². The third-order valence-electron chi connectivity index (χ3n) is 2.17. The Morgan fingerprint density at radius 3 is 2.35 bits per heavy atom. The highest BCUT2D eigenvalue weighted by Gasteiger charge is 2.27. The second kappa shape index (κ2) is 6.41. The van der Waals surface area contributed by atoms with E-state index in [1.807, 2.05) is 27.7 Å². The first kappa shape index (κ1) is 17.4. The fourth-order valence-electron chi connectivity index (χ4n) is 1.21. The van der Waals surface area contributed by atoms with E-state index in [0.29, 0.717) is 18.0 Å². The largest absolute Gasteiger partial charge is 0.516 e. The van der Waals surface area contributed by atoms with Gasteiger partial charge < -0.3 is 13.9 Å². The third kappa shape index (κ3) is 5.38. The predicted octanol–water partition coefficient (Wildman–Crippen LogP) is 4.42. The highest BCUT2D eigenvalue weighted by atomic mass is 35.6. The van der Waals surface area contributed by atoms with Crippen LogP contribution in [0.1, 0.15) is 39.3 Å². The summed E-state index contributed by atoms with van der Waals surface area (Å²) in [7, 11) is 0. The highest BCUT2D eigenvalue weighted by molar-refractivity contribution is 6.67. The molecule has 114 valence electrons. The lowest BCUT2D eigenvalue weighted by Crippen LogP contribution is -2.19. The van der Waals surface area contributed by atoms with Gasteiger partial charge >= 0.3 is 12.1 Å². The average Bonchev–Trinajstić information content (AvgIpc) is 2.68. The summed E-state index contributed by atoms with van der Waals surface area (Å²) in [6.07, 6.45) is -0.463. The van der Waals surface area contributed by atoms with E-state index in [-0.39, 0.29) is 11.4 Å². The number of hydrogen-bond donors (Lipinski definition) is 0. The maximum absolute atomic E-state index is 11.5. The van der Waals surface area contributed by atoms with Crippen LogP contribution in [0.3, 0.4) is 0 Å². The number of halogens is 3. The number of carbonyl (C=O) groups excluding carboxylic acids is 1. The number of nitrogens with zero attached hydrogens (tertiary/aromatic N) is 1. The van der Waals surface area contributed by atoms with E-state index >= 15 is 0 Å². The van der Waals surface area contributed by atoms with E-state index in [0.717, 1.165) is 0 Å². The molecule has 0 spiro atoms. The Labute approximate surface area is 132 Å². The van der Waals surface area contributed by atoms with Gasteiger partial charge in [-0.3, -0.25) is 0 Å². The number of hydrogen-bond acceptors (Lipinski definition) is 5. The van der Waals surface area contributed by atoms with Crippen molar-refractivity contribution in [2.75, 3.05) is 6.61 Å². The summed E-state index contributed by atoms with van der Waals surface area (Å²) in [6.45, 7) is 7.25. The predicted molar refractivity (Wildman–Crippen MR) is 76.8 cm³/mol. The molecule has 1 aromatic rings. The summed E-state index contributed by atoms with van der Waals surface area (Å²) in [5.41, 5.74) is 0.230. The van der Waals surface area contributed by atoms with E-state index in [1.165, 1.54) is 0 Å². The Bertz CT molecular complexity index is 474. The van der Waals surface area contributed by atoms with Gasteiger partial charge in [0.25, 0.3) is 0 Å². The van der Waals surface area contributed by atoms with Crippen LogP contribution in [-0.2, 0) is 16.6 Å². The SMILES string of the molecule is CCc1nc(C(C)(C)C)oc1OC(=O)OCC(Cl)(Cl)Cl. The van der Waals surface area contributed by atoms with Crippen LogP contribution in [-0.4, -0.2) is 21.5 Å². The zero-order valence-corrected chi connectivity index (χ0v) is 13.9. The lowest BCUT2D eigenvalue weighted by atomic mass is 9.97. The van der Waals surface area contributed by atoms with E-state index in [2.05, 4.69) is 9.72 Å². The van der Waals surface area contributed by atoms with Crippen molar-refractivity contribution in [3.05, 3.63) is 11.6 Å². The van der Waals surface area contributed by atoms with Crippen molar-refractivity contribution < 1.29 is 18.7 Å². The fraction of sp³-hybridized carbons (Fsp3) is 0.667. The number of aryl methyl sites for hydroxylation is 1. The van der Waals surface area contributed by atoms with Crippen molar-refractivity contribution >= 4 is 41.0 Å². The monoisotopic (exact) mass is 343 g/mol. The van der Waals surface area contributed by atoms with Crippen molar-refractivity contribution in [1.29, 1.82) is 0 Å². The number of alkyl halides is 3. The molecule has 0 saturated carbocycles. The topological polar surface area (TPSA) is 61.6 Å². The van der Waals surface area contributed by atoms with E-state index < -0.39 is 16.6 Å². The van der Waals surface area contributed by atoms with Crippen molar-refractivity contribution in [3.8, 4) is 5.95 Å². The molecular weight excluding hydrogens is 328 g/mol. The van der Waals surface area contributed by atoms with Gasteiger partial charge in [0.2, 0.25) is 9.68 Å². The molecule has 0 N–H and O–H groups in total. The molecular formula is C12H16Cl3NO4. The van der Waals surface area contributed by atoms with Crippen molar-refractivity contribution in [2.24, 2.45) is 0 Å². The normalized spacial score (nSPS) is 12.3. The van der Waals surface area contributed by atoms with Gasteiger partial charge in [-0.2, -0.15) is 0 Å². The molecule has 0 aromatic carbocycles. The molecule has 1 heterocycles. The molecule has 1 rings (SSSR count). The van der Waals surface area contributed by atoms with Crippen molar-refractivity contribution in [3.63, 3.8) is 0 Å². The van der Waals surface area contributed by atoms with E-state index in [1.54, 1.807) is 0 Å². The number of aromatic nitrogens is 1. The first-order chi connectivity index (χ1) is 9.03. The van der Waals surface area contributed by atoms with Gasteiger partial charge in [-0.25, -0.2) is 9.78 Å². The van der Waals surface area contributed by atoms with E-state index in [9.17, 15) is 4.79 Å². The number of rotatable bonds is 3. The molecule has 0 aliphatic heterocycles. The Balaban J connectivity index is 2.77. The first-order valence-electron chi connectivity index (χ1n) is 5.94. The van der Waals surface area contributed by atoms with Crippen LogP contribution >= 0.6 is 34.8 Å². The average molecular weight is 345 g/mol. The summed E-state index contributed by atoms with van der Waals surface area (Å²) in [6, 6.07) is 0. The summed E-state index contributed by atoms with van der Waals surface area (Å²) in [5.74, 6) is 0.477. The lowest BCUT2D eigenvalue weighted by molar-refractivity contribution is 0.0901. The molecule has 0 fully saturated rings. The second-order valence-corrected chi connectivity index (χ2v) is 7.63. The lowest BCUT2D eigenvalue weighted by Gasteiger charge is -2.12. The standard InChI is InChI=1S/C12H16Cl3NO4/c1-5-7-8(19-9(16-7)11(2,3)4)20-10(17)18-6-12(13,14)15/h5-6H2,1-4H3. The molecule has 0 amide bonds. The maximum atomic E-state index is 11.5. The van der Waals surface area contributed by atoms with Gasteiger partial charge in [0.05, 0.1) is 0 Å². The summed E-state index contributed by atoms with van der Waals surface area (Å²) in [5, 5.41) is 0. The summed E-state index contributed by atoms with van der Waals surface area (Å²) in [4.78, 5) is 15.8. The summed E-state index contributed by atoms with van der Waals surface area (Å²) < 4.78 is 13.4. The highest BCUT2D eigenvalue weighted by Crippen LogP contribution is 2.30. The Kier molecular flexibility index (Phi) is 5.58. The Morgan fingerprint density at radius 2 is 1.90 bits per heavy atom. The molecule has 0 atom stereocenters. The minimum Gasteiger partial charge on any atom is -0.429 e. The molecule has 20 heavy (non-hydrogen) atoms. The first-order valence-corrected chi connectivity index (χ1v) is 7.08. The van der Waals surface area contributed by atoms with Gasteiger partial charge in [0, 0.05) is 5.41 Å². The van der Waals surface area contributed by atoms with Gasteiger partial charge in [-0.1, -0.05) is 62.5 Å². The zero-order chi connectivity index (χ0) is 15.6. The Hall–Kier alpha value is -0.650. The van der Waals surface area contributed by atoms with Crippen LogP contribution in [0.15, 0.2) is 4.42 Å². The molecule has 0 aliphatic carbocycles. The summed E-state index contributed by atoms with van der Waals surface area (Å²) >= 11 is 16.4. The molecule has 0 saturated heterocycles. The number of carbonyl (C=O) groups is 1. The minimum absolute atomic E-state index is 0.00624. The van der Waals surface area contributed by atoms with Crippen LogP contribution < -0.4 is 4.74 Å². The molecule has 5 nitrogen and oxygen atoms in total. The molecule has 0 bridgehead atoms. The van der Waals surface area contributed by atoms with Gasteiger partial charge in [-0.05, 0) is 6.42 Å². The fourth-order valence-corrected chi connectivity index (χ4v) is 1.37. The van der Waals surface area contributed by atoms with E-state index in [4.69, 9.17) is 44.0 Å². The minimum atomic E-state index is -1.69. The molecule has 0 unspecified atom stereocenters. The van der Waals surface area contributed by atoms with Crippen LogP contribution in [0, 0.1) is 0 Å². The van der Waals surface area contributed by atoms with Crippen LogP contribution in [0.4, 0.5) is 4.79 Å². The molecule has 8 heteroatoms. The molecule has 1 aromatic heterocycles.